The first-order chi connectivity index (χ1) is 18.2. The van der Waals surface area contributed by atoms with Crippen LogP contribution in [0.1, 0.15) is 33.6 Å². The second-order valence-electron chi connectivity index (χ2n) is 10.7. The highest BCUT2D eigenvalue weighted by molar-refractivity contribution is 7.89. The number of ether oxygens (including phenoxy) is 1. The van der Waals surface area contributed by atoms with Gasteiger partial charge in [-0.3, -0.25) is 4.79 Å². The van der Waals surface area contributed by atoms with Crippen molar-refractivity contribution in [1.82, 2.24) is 14.6 Å². The number of hydrogen-bond acceptors (Lipinski definition) is 6. The van der Waals surface area contributed by atoms with Crippen molar-refractivity contribution in [2.75, 3.05) is 44.7 Å². The molecule has 38 heavy (non-hydrogen) atoms. The molecule has 1 N–H and O–H groups in total. The van der Waals surface area contributed by atoms with Gasteiger partial charge >= 0.3 is 0 Å². The molecule has 4 rings (SSSR count). The summed E-state index contributed by atoms with van der Waals surface area (Å²) < 4.78 is 33.8. The second kappa shape index (κ2) is 12.3. The molecular weight excluding hydrogens is 500 g/mol. The van der Waals surface area contributed by atoms with E-state index < -0.39 is 10.0 Å². The van der Waals surface area contributed by atoms with E-state index in [4.69, 9.17) is 4.74 Å². The number of carbonyl (C=O) groups excluding carboxylic acids is 1. The van der Waals surface area contributed by atoms with Crippen LogP contribution in [0.25, 0.3) is 0 Å². The van der Waals surface area contributed by atoms with Crippen molar-refractivity contribution in [2.45, 2.75) is 38.5 Å². The van der Waals surface area contributed by atoms with Crippen molar-refractivity contribution in [3.63, 3.8) is 0 Å². The molecule has 0 saturated carbocycles. The van der Waals surface area contributed by atoms with E-state index in [1.165, 1.54) is 5.57 Å². The highest BCUT2D eigenvalue weighted by atomic mass is 32.2. The van der Waals surface area contributed by atoms with Gasteiger partial charge in [0.15, 0.2) is 0 Å². The number of carbonyl (C=O) groups is 1. The van der Waals surface area contributed by atoms with Gasteiger partial charge in [0.1, 0.15) is 11.6 Å². The third kappa shape index (κ3) is 6.74. The predicted octanol–water partition coefficient (Wildman–Crippen LogP) is 3.96. The van der Waals surface area contributed by atoms with Crippen LogP contribution in [0.4, 0.5) is 5.82 Å². The molecule has 0 bridgehead atoms. The first-order valence-electron chi connectivity index (χ1n) is 13.4. The third-order valence-electron chi connectivity index (χ3n) is 7.99. The van der Waals surface area contributed by atoms with E-state index >= 15 is 0 Å². The van der Waals surface area contributed by atoms with Crippen molar-refractivity contribution in [2.24, 2.45) is 23.7 Å². The third-order valence-corrected chi connectivity index (χ3v) is 9.43. The number of amides is 1. The molecule has 1 aliphatic heterocycles. The monoisotopic (exact) mass is 540 g/mol. The van der Waals surface area contributed by atoms with Crippen LogP contribution < -0.4 is 14.4 Å². The number of aromatic nitrogens is 1. The van der Waals surface area contributed by atoms with Gasteiger partial charge in [-0.25, -0.2) is 18.1 Å². The van der Waals surface area contributed by atoms with E-state index in [9.17, 15) is 13.2 Å². The average Bonchev–Trinajstić information content (AvgIpc) is 2.93. The molecule has 1 fully saturated rings. The number of anilines is 1. The number of piperazine rings is 1. The fourth-order valence-corrected chi connectivity index (χ4v) is 6.69. The van der Waals surface area contributed by atoms with Crippen molar-refractivity contribution >= 4 is 21.7 Å². The maximum atomic E-state index is 13.2. The summed E-state index contributed by atoms with van der Waals surface area (Å²) in [6.45, 7) is 9.76. The SMILES string of the molecule is COc1ccc(S(=O)(=O)NC[C@@H]2C=C(C)[C@H](CC(=O)N3CCN(c4ccccn4)CC3)C[C@H]2C(C)C)cc1. The first kappa shape index (κ1) is 28.1. The van der Waals surface area contributed by atoms with Crippen LogP contribution >= 0.6 is 0 Å². The molecule has 1 amide bonds. The number of nitrogens with zero attached hydrogens (tertiary/aromatic N) is 3. The quantitative estimate of drug-likeness (QED) is 0.484. The largest absolute Gasteiger partial charge is 0.497 e. The zero-order valence-electron chi connectivity index (χ0n) is 22.8. The van der Waals surface area contributed by atoms with Gasteiger partial charge in [0.25, 0.3) is 0 Å². The number of rotatable bonds is 9. The average molecular weight is 541 g/mol. The molecule has 206 valence electrons. The van der Waals surface area contributed by atoms with Gasteiger partial charge < -0.3 is 14.5 Å². The van der Waals surface area contributed by atoms with E-state index in [2.05, 4.69) is 41.5 Å². The van der Waals surface area contributed by atoms with Crippen LogP contribution in [-0.2, 0) is 14.8 Å². The molecular formula is C29H40N4O4S. The van der Waals surface area contributed by atoms with Gasteiger partial charge in [0.05, 0.1) is 12.0 Å². The van der Waals surface area contributed by atoms with Crippen molar-refractivity contribution in [3.05, 3.63) is 60.3 Å². The zero-order valence-corrected chi connectivity index (χ0v) is 23.7. The lowest BCUT2D eigenvalue weighted by atomic mass is 9.70. The highest BCUT2D eigenvalue weighted by Crippen LogP contribution is 2.39. The zero-order chi connectivity index (χ0) is 27.3. The summed E-state index contributed by atoms with van der Waals surface area (Å²) >= 11 is 0. The fraction of sp³-hybridized carbons (Fsp3) is 0.517. The van der Waals surface area contributed by atoms with Crippen LogP contribution in [0.5, 0.6) is 5.75 Å². The number of allylic oxidation sites excluding steroid dienone is 1. The molecule has 2 aliphatic rings. The van der Waals surface area contributed by atoms with E-state index in [1.54, 1.807) is 37.6 Å². The lowest BCUT2D eigenvalue weighted by Crippen LogP contribution is -2.49. The summed E-state index contributed by atoms with van der Waals surface area (Å²) in [7, 11) is -2.08. The van der Waals surface area contributed by atoms with E-state index in [1.807, 2.05) is 23.1 Å². The fourth-order valence-electron chi connectivity index (χ4n) is 5.62. The topological polar surface area (TPSA) is 91.8 Å². The molecule has 8 nitrogen and oxygen atoms in total. The van der Waals surface area contributed by atoms with Gasteiger partial charge in [-0.2, -0.15) is 0 Å². The Balaban J connectivity index is 1.35. The standard InChI is InChI=1S/C29H40N4O4S/c1-21(2)27-18-23(19-29(34)33-15-13-32(14-16-33)28-7-5-6-12-30-28)22(3)17-24(27)20-31-38(35,36)26-10-8-25(37-4)9-11-26/h5-12,17,21,23-24,27,31H,13-16,18-20H2,1-4H3/t23-,24-,27-/m0/s1. The Morgan fingerprint density at radius 1 is 1.11 bits per heavy atom. The Hall–Kier alpha value is -2.91. The minimum atomic E-state index is -3.63. The molecule has 0 unspecified atom stereocenters. The van der Waals surface area contributed by atoms with E-state index in [-0.39, 0.29) is 28.6 Å². The number of pyridine rings is 1. The van der Waals surface area contributed by atoms with Gasteiger partial charge in [-0.1, -0.05) is 31.6 Å². The van der Waals surface area contributed by atoms with Crippen molar-refractivity contribution < 1.29 is 17.9 Å². The number of benzene rings is 1. The number of hydrogen-bond donors (Lipinski definition) is 1. The number of sulfonamides is 1. The maximum Gasteiger partial charge on any atom is 0.240 e. The van der Waals surface area contributed by atoms with E-state index in [0.717, 1.165) is 25.3 Å². The molecule has 1 aliphatic carbocycles. The molecule has 0 spiro atoms. The minimum Gasteiger partial charge on any atom is -0.497 e. The summed E-state index contributed by atoms with van der Waals surface area (Å²) in [6, 6.07) is 12.3. The molecule has 1 aromatic heterocycles. The smallest absolute Gasteiger partial charge is 0.240 e. The number of methoxy groups -OCH3 is 1. The second-order valence-corrected chi connectivity index (χ2v) is 12.5. The van der Waals surface area contributed by atoms with E-state index in [0.29, 0.717) is 37.7 Å². The Labute approximate surface area is 227 Å². The Morgan fingerprint density at radius 2 is 1.82 bits per heavy atom. The molecule has 0 radical (unpaired) electrons. The summed E-state index contributed by atoms with van der Waals surface area (Å²) in [5, 5.41) is 0. The Bertz CT molecular complexity index is 1210. The Kier molecular flexibility index (Phi) is 9.10. The maximum absolute atomic E-state index is 13.2. The molecule has 2 aromatic rings. The summed E-state index contributed by atoms with van der Waals surface area (Å²) in [4.78, 5) is 22.1. The van der Waals surface area contributed by atoms with Crippen molar-refractivity contribution in [3.8, 4) is 5.75 Å². The molecule has 1 saturated heterocycles. The summed E-state index contributed by atoms with van der Waals surface area (Å²) in [5.74, 6) is 2.69. The normalized spacial score (nSPS) is 22.3. The van der Waals surface area contributed by atoms with Gasteiger partial charge in [0, 0.05) is 45.3 Å². The summed E-state index contributed by atoms with van der Waals surface area (Å²) in [6.07, 6.45) is 5.38. The lowest BCUT2D eigenvalue weighted by Gasteiger charge is -2.39. The molecule has 9 heteroatoms. The Morgan fingerprint density at radius 3 is 2.42 bits per heavy atom. The van der Waals surface area contributed by atoms with Gasteiger partial charge in [-0.15, -0.1) is 0 Å². The first-order valence-corrected chi connectivity index (χ1v) is 14.9. The predicted molar refractivity (Wildman–Crippen MR) is 150 cm³/mol. The molecule has 3 atom stereocenters. The van der Waals surface area contributed by atoms with Crippen LogP contribution in [-0.4, -0.2) is 64.0 Å². The molecule has 1 aromatic carbocycles. The lowest BCUT2D eigenvalue weighted by molar-refractivity contribution is -0.132. The summed E-state index contributed by atoms with van der Waals surface area (Å²) in [5.41, 5.74) is 1.18. The number of nitrogens with one attached hydrogen (secondary N) is 1. The minimum absolute atomic E-state index is 0.0799. The van der Waals surface area contributed by atoms with Crippen LogP contribution in [0.15, 0.2) is 65.2 Å². The van der Waals surface area contributed by atoms with Gasteiger partial charge in [0.2, 0.25) is 15.9 Å². The van der Waals surface area contributed by atoms with Crippen molar-refractivity contribution in [1.29, 1.82) is 0 Å². The highest BCUT2D eigenvalue weighted by Gasteiger charge is 2.34. The van der Waals surface area contributed by atoms with Crippen LogP contribution in [0, 0.1) is 23.7 Å². The molecule has 2 heterocycles. The van der Waals surface area contributed by atoms with Crippen LogP contribution in [0.3, 0.4) is 0 Å². The van der Waals surface area contributed by atoms with Crippen LogP contribution in [0.2, 0.25) is 0 Å². The van der Waals surface area contributed by atoms with Gasteiger partial charge in [-0.05, 0) is 73.4 Å².